The predicted molar refractivity (Wildman–Crippen MR) is 87.6 cm³/mol. The van der Waals surface area contributed by atoms with Crippen LogP contribution in [0.1, 0.15) is 5.56 Å². The molecule has 0 amide bonds. The van der Waals surface area contributed by atoms with E-state index in [1.807, 2.05) is 18.3 Å². The van der Waals surface area contributed by atoms with Crippen LogP contribution in [-0.2, 0) is 11.3 Å². The Hall–Kier alpha value is -2.17. The Morgan fingerprint density at radius 3 is 2.68 bits per heavy atom. The Morgan fingerprint density at radius 1 is 1.05 bits per heavy atom. The largest absolute Gasteiger partial charge is 0.379 e. The van der Waals surface area contributed by atoms with Crippen LogP contribution in [0.4, 0.5) is 0 Å². The summed E-state index contributed by atoms with van der Waals surface area (Å²) >= 11 is 0. The monoisotopic (exact) mass is 293 g/mol. The van der Waals surface area contributed by atoms with Crippen molar-refractivity contribution in [3.05, 3.63) is 54.2 Å². The summed E-state index contributed by atoms with van der Waals surface area (Å²) in [6.07, 6.45) is 1.84. The van der Waals surface area contributed by atoms with Crippen molar-refractivity contribution in [3.63, 3.8) is 0 Å². The zero-order valence-electron chi connectivity index (χ0n) is 12.5. The molecule has 3 heterocycles. The Labute approximate surface area is 129 Å². The third-order valence-corrected chi connectivity index (χ3v) is 4.23. The normalized spacial score (nSPS) is 16.2. The molecular weight excluding hydrogens is 274 g/mol. The number of hydrogen-bond acceptors (Lipinski definition) is 3. The molecule has 2 aromatic heterocycles. The maximum Gasteiger partial charge on any atom is 0.138 e. The van der Waals surface area contributed by atoms with Crippen LogP contribution >= 0.6 is 0 Å². The summed E-state index contributed by atoms with van der Waals surface area (Å²) in [6.45, 7) is 4.55. The van der Waals surface area contributed by atoms with E-state index in [4.69, 9.17) is 4.74 Å². The molecule has 22 heavy (non-hydrogen) atoms. The molecule has 0 radical (unpaired) electrons. The lowest BCUT2D eigenvalue weighted by atomic mass is 10.1. The van der Waals surface area contributed by atoms with Crippen molar-refractivity contribution < 1.29 is 4.74 Å². The third-order valence-electron chi connectivity index (χ3n) is 4.23. The number of nitrogens with one attached hydrogen (secondary N) is 1. The van der Waals surface area contributed by atoms with Gasteiger partial charge in [0.25, 0.3) is 0 Å². The number of ether oxygens (including phenoxy) is 1. The van der Waals surface area contributed by atoms with Crippen LogP contribution in [0.15, 0.2) is 48.7 Å². The van der Waals surface area contributed by atoms with Gasteiger partial charge < -0.3 is 9.72 Å². The van der Waals surface area contributed by atoms with Gasteiger partial charge in [-0.15, -0.1) is 0 Å². The van der Waals surface area contributed by atoms with E-state index in [1.165, 1.54) is 22.2 Å². The number of benzene rings is 1. The van der Waals surface area contributed by atoms with Crippen molar-refractivity contribution in [3.8, 4) is 11.3 Å². The van der Waals surface area contributed by atoms with E-state index in [0.717, 1.165) is 38.5 Å². The average molecular weight is 293 g/mol. The third kappa shape index (κ3) is 2.51. The second kappa shape index (κ2) is 5.91. The summed E-state index contributed by atoms with van der Waals surface area (Å²) in [7, 11) is 0. The molecule has 0 bridgehead atoms. The van der Waals surface area contributed by atoms with Gasteiger partial charge in [-0.2, -0.15) is 0 Å². The summed E-state index contributed by atoms with van der Waals surface area (Å²) in [5.74, 6) is 0. The molecule has 1 aliphatic heterocycles. The highest BCUT2D eigenvalue weighted by Gasteiger charge is 2.18. The molecule has 4 heteroatoms. The van der Waals surface area contributed by atoms with Gasteiger partial charge in [0.05, 0.1) is 18.9 Å². The highest BCUT2D eigenvalue weighted by molar-refractivity contribution is 5.88. The summed E-state index contributed by atoms with van der Waals surface area (Å²) in [4.78, 5) is 10.4. The number of fused-ring (bicyclic) bond motifs is 1. The van der Waals surface area contributed by atoms with Crippen LogP contribution in [0.3, 0.4) is 0 Å². The van der Waals surface area contributed by atoms with Gasteiger partial charge in [0.1, 0.15) is 5.65 Å². The maximum absolute atomic E-state index is 5.46. The summed E-state index contributed by atoms with van der Waals surface area (Å²) in [5, 5.41) is 1.22. The van der Waals surface area contributed by atoms with Crippen LogP contribution in [-0.4, -0.2) is 41.2 Å². The minimum atomic E-state index is 0.821. The van der Waals surface area contributed by atoms with Gasteiger partial charge in [-0.05, 0) is 17.7 Å². The number of morpholine rings is 1. The molecule has 1 saturated heterocycles. The van der Waals surface area contributed by atoms with E-state index in [9.17, 15) is 0 Å². The summed E-state index contributed by atoms with van der Waals surface area (Å²) < 4.78 is 5.46. The fraction of sp³-hybridized carbons (Fsp3) is 0.278. The number of H-pyrrole nitrogens is 1. The lowest BCUT2D eigenvalue weighted by Gasteiger charge is -2.26. The van der Waals surface area contributed by atoms with E-state index < -0.39 is 0 Å². The minimum absolute atomic E-state index is 0.821. The Morgan fingerprint density at radius 2 is 1.86 bits per heavy atom. The van der Waals surface area contributed by atoms with Gasteiger partial charge in [0.15, 0.2) is 0 Å². The van der Waals surface area contributed by atoms with Gasteiger partial charge in [0.2, 0.25) is 0 Å². The van der Waals surface area contributed by atoms with Gasteiger partial charge in [0, 0.05) is 36.8 Å². The maximum atomic E-state index is 5.46. The molecule has 4 nitrogen and oxygen atoms in total. The van der Waals surface area contributed by atoms with Crippen molar-refractivity contribution in [1.82, 2.24) is 14.9 Å². The topological polar surface area (TPSA) is 41.2 Å². The highest BCUT2D eigenvalue weighted by Crippen LogP contribution is 2.30. The number of pyridine rings is 1. The fourth-order valence-electron chi connectivity index (χ4n) is 3.08. The van der Waals surface area contributed by atoms with Crippen molar-refractivity contribution in [2.75, 3.05) is 26.3 Å². The van der Waals surface area contributed by atoms with Crippen molar-refractivity contribution in [2.24, 2.45) is 0 Å². The van der Waals surface area contributed by atoms with Crippen LogP contribution < -0.4 is 0 Å². The number of rotatable bonds is 3. The van der Waals surface area contributed by atoms with Crippen LogP contribution in [0.2, 0.25) is 0 Å². The van der Waals surface area contributed by atoms with Gasteiger partial charge in [-0.25, -0.2) is 4.98 Å². The molecule has 1 aromatic carbocycles. The van der Waals surface area contributed by atoms with Crippen molar-refractivity contribution in [2.45, 2.75) is 6.54 Å². The lowest BCUT2D eigenvalue weighted by molar-refractivity contribution is 0.0344. The average Bonchev–Trinajstić information content (AvgIpc) is 2.95. The molecule has 112 valence electrons. The molecule has 1 aliphatic rings. The number of nitrogens with zero attached hydrogens (tertiary/aromatic N) is 2. The Kier molecular flexibility index (Phi) is 3.62. The second-order valence-electron chi connectivity index (χ2n) is 5.63. The molecule has 0 saturated carbocycles. The fourth-order valence-corrected chi connectivity index (χ4v) is 3.08. The molecular formula is C18H19N3O. The van der Waals surface area contributed by atoms with Crippen LogP contribution in [0, 0.1) is 0 Å². The quantitative estimate of drug-likeness (QED) is 0.807. The van der Waals surface area contributed by atoms with E-state index >= 15 is 0 Å². The lowest BCUT2D eigenvalue weighted by Crippen LogP contribution is -2.35. The van der Waals surface area contributed by atoms with Gasteiger partial charge in [-0.1, -0.05) is 30.3 Å². The van der Waals surface area contributed by atoms with E-state index in [2.05, 4.69) is 45.2 Å². The SMILES string of the molecule is c1ccc(-c2[nH]c3ncccc3c2CN2CCOCC2)cc1. The van der Waals surface area contributed by atoms with Gasteiger partial charge in [-0.3, -0.25) is 4.90 Å². The Bertz CT molecular complexity index is 760. The van der Waals surface area contributed by atoms with Crippen molar-refractivity contribution in [1.29, 1.82) is 0 Å². The molecule has 0 unspecified atom stereocenters. The smallest absolute Gasteiger partial charge is 0.138 e. The predicted octanol–water partition coefficient (Wildman–Crippen LogP) is 3.06. The van der Waals surface area contributed by atoms with E-state index in [-0.39, 0.29) is 0 Å². The number of aromatic amines is 1. The molecule has 0 atom stereocenters. The summed E-state index contributed by atoms with van der Waals surface area (Å²) in [5.41, 5.74) is 4.69. The zero-order chi connectivity index (χ0) is 14.8. The zero-order valence-corrected chi connectivity index (χ0v) is 12.5. The second-order valence-corrected chi connectivity index (χ2v) is 5.63. The van der Waals surface area contributed by atoms with Crippen LogP contribution in [0.25, 0.3) is 22.3 Å². The first-order valence-corrected chi connectivity index (χ1v) is 7.73. The van der Waals surface area contributed by atoms with Gasteiger partial charge >= 0.3 is 0 Å². The molecule has 0 aliphatic carbocycles. The molecule has 4 rings (SSSR count). The first-order valence-electron chi connectivity index (χ1n) is 7.73. The van der Waals surface area contributed by atoms with Crippen LogP contribution in [0.5, 0.6) is 0 Å². The summed E-state index contributed by atoms with van der Waals surface area (Å²) in [6, 6.07) is 14.7. The molecule has 0 spiro atoms. The Balaban J connectivity index is 1.79. The standard InChI is InChI=1S/C18H19N3O/c1-2-5-14(6-3-1)17-16(13-21-9-11-22-12-10-21)15-7-4-8-19-18(15)20-17/h1-8H,9-13H2,(H,19,20). The molecule has 1 N–H and O–H groups in total. The molecule has 1 fully saturated rings. The first-order chi connectivity index (χ1) is 10.9. The molecule has 3 aromatic rings. The van der Waals surface area contributed by atoms with E-state index in [1.54, 1.807) is 0 Å². The van der Waals surface area contributed by atoms with E-state index in [0.29, 0.717) is 0 Å². The highest BCUT2D eigenvalue weighted by atomic mass is 16.5. The number of hydrogen-bond donors (Lipinski definition) is 1. The van der Waals surface area contributed by atoms with Crippen molar-refractivity contribution >= 4 is 11.0 Å². The minimum Gasteiger partial charge on any atom is -0.379 e. The first kappa shape index (κ1) is 13.5. The number of aromatic nitrogens is 2.